The van der Waals surface area contributed by atoms with E-state index in [9.17, 15) is 4.79 Å². The Balaban J connectivity index is 1.83. The van der Waals surface area contributed by atoms with E-state index in [1.54, 1.807) is 0 Å². The van der Waals surface area contributed by atoms with Crippen LogP contribution in [-0.2, 0) is 11.8 Å². The van der Waals surface area contributed by atoms with E-state index in [1.165, 1.54) is 5.69 Å². The Kier molecular flexibility index (Phi) is 4.81. The van der Waals surface area contributed by atoms with Gasteiger partial charge in [0.25, 0.3) is 0 Å². The summed E-state index contributed by atoms with van der Waals surface area (Å²) >= 11 is 0. The van der Waals surface area contributed by atoms with Crippen LogP contribution >= 0.6 is 0 Å². The fourth-order valence-electron chi connectivity index (χ4n) is 2.88. The number of piperidine rings is 1. The second-order valence-electron chi connectivity index (χ2n) is 6.02. The first-order chi connectivity index (χ1) is 9.49. The van der Waals surface area contributed by atoms with Crippen molar-refractivity contribution in [3.63, 3.8) is 0 Å². The van der Waals surface area contributed by atoms with Gasteiger partial charge in [0.15, 0.2) is 0 Å². The summed E-state index contributed by atoms with van der Waals surface area (Å²) in [5.74, 6) is 0.385. The summed E-state index contributed by atoms with van der Waals surface area (Å²) in [6.45, 7) is 7.84. The summed E-state index contributed by atoms with van der Waals surface area (Å²) in [5, 5.41) is 7.86. The monoisotopic (exact) mass is 278 g/mol. The van der Waals surface area contributed by atoms with Gasteiger partial charge in [-0.2, -0.15) is 5.10 Å². The smallest absolute Gasteiger partial charge is 0.225 e. The lowest BCUT2D eigenvalue weighted by atomic mass is 10.0. The van der Waals surface area contributed by atoms with Crippen molar-refractivity contribution in [2.45, 2.75) is 45.7 Å². The predicted octanol–water partition coefficient (Wildman–Crippen LogP) is 1.72. The summed E-state index contributed by atoms with van der Waals surface area (Å²) in [7, 11) is 1.97. The molecule has 5 nitrogen and oxygen atoms in total. The maximum Gasteiger partial charge on any atom is 0.225 e. The molecule has 0 aliphatic carbocycles. The Morgan fingerprint density at radius 2 is 2.00 bits per heavy atom. The summed E-state index contributed by atoms with van der Waals surface area (Å²) in [5.41, 5.74) is 1.20. The molecular formula is C15H26N4O. The van der Waals surface area contributed by atoms with Gasteiger partial charge >= 0.3 is 0 Å². The zero-order chi connectivity index (χ0) is 14.7. The maximum atomic E-state index is 12.0. The van der Waals surface area contributed by atoms with Crippen LogP contribution < -0.4 is 5.32 Å². The normalized spacial score (nSPS) is 18.6. The molecule has 0 saturated carbocycles. The fourth-order valence-corrected chi connectivity index (χ4v) is 2.88. The van der Waals surface area contributed by atoms with Gasteiger partial charge in [-0.05, 0) is 25.8 Å². The van der Waals surface area contributed by atoms with Crippen molar-refractivity contribution in [1.82, 2.24) is 20.0 Å². The minimum Gasteiger partial charge on any atom is -0.342 e. The number of hydrogen-bond donors (Lipinski definition) is 1. The van der Waals surface area contributed by atoms with E-state index in [-0.39, 0.29) is 11.8 Å². The number of nitrogens with one attached hydrogen (secondary N) is 1. The largest absolute Gasteiger partial charge is 0.342 e. The van der Waals surface area contributed by atoms with Gasteiger partial charge in [0.05, 0.1) is 5.69 Å². The third-order valence-corrected chi connectivity index (χ3v) is 4.09. The zero-order valence-electron chi connectivity index (χ0n) is 13.0. The highest BCUT2D eigenvalue weighted by molar-refractivity contribution is 5.78. The first kappa shape index (κ1) is 15.0. The highest BCUT2D eigenvalue weighted by Gasteiger charge is 2.25. The van der Waals surface area contributed by atoms with Crippen LogP contribution in [-0.4, -0.2) is 39.7 Å². The van der Waals surface area contributed by atoms with Crippen LogP contribution in [0.2, 0.25) is 0 Å². The van der Waals surface area contributed by atoms with Gasteiger partial charge in [-0.1, -0.05) is 13.8 Å². The predicted molar refractivity (Wildman–Crippen MR) is 79.2 cm³/mol. The van der Waals surface area contributed by atoms with Crippen molar-refractivity contribution in [3.05, 3.63) is 18.0 Å². The maximum absolute atomic E-state index is 12.0. The molecule has 1 atom stereocenters. The van der Waals surface area contributed by atoms with E-state index in [0.717, 1.165) is 25.9 Å². The van der Waals surface area contributed by atoms with E-state index >= 15 is 0 Å². The lowest BCUT2D eigenvalue weighted by Crippen LogP contribution is -2.46. The lowest BCUT2D eigenvalue weighted by molar-refractivity contribution is -0.135. The summed E-state index contributed by atoms with van der Waals surface area (Å²) < 4.78 is 1.91. The number of aryl methyl sites for hydroxylation is 1. The second kappa shape index (κ2) is 6.39. The Labute approximate surface area is 121 Å². The van der Waals surface area contributed by atoms with Gasteiger partial charge in [-0.3, -0.25) is 9.48 Å². The van der Waals surface area contributed by atoms with Crippen molar-refractivity contribution in [2.75, 3.05) is 13.1 Å². The molecule has 1 fully saturated rings. The van der Waals surface area contributed by atoms with Crippen LogP contribution in [0, 0.1) is 5.92 Å². The average molecular weight is 278 g/mol. The molecule has 112 valence electrons. The molecule has 1 aromatic rings. The molecule has 1 N–H and O–H groups in total. The highest BCUT2D eigenvalue weighted by atomic mass is 16.2. The molecule has 0 spiro atoms. The first-order valence-electron chi connectivity index (χ1n) is 7.51. The molecule has 1 unspecified atom stereocenters. The molecule has 0 bridgehead atoms. The second-order valence-corrected chi connectivity index (χ2v) is 6.02. The van der Waals surface area contributed by atoms with E-state index in [4.69, 9.17) is 0 Å². The van der Waals surface area contributed by atoms with Crippen LogP contribution in [0.5, 0.6) is 0 Å². The summed E-state index contributed by atoms with van der Waals surface area (Å²) in [6, 6.07) is 2.82. The highest BCUT2D eigenvalue weighted by Crippen LogP contribution is 2.18. The van der Waals surface area contributed by atoms with Crippen molar-refractivity contribution in [2.24, 2.45) is 13.0 Å². The minimum absolute atomic E-state index is 0.105. The number of likely N-dealkylation sites (tertiary alicyclic amines) is 1. The molecule has 5 heteroatoms. The van der Waals surface area contributed by atoms with E-state index in [2.05, 4.69) is 23.4 Å². The molecule has 0 aromatic carbocycles. The van der Waals surface area contributed by atoms with Gasteiger partial charge in [0.1, 0.15) is 0 Å². The van der Waals surface area contributed by atoms with Crippen LogP contribution in [0.4, 0.5) is 0 Å². The number of nitrogens with zero attached hydrogens (tertiary/aromatic N) is 3. The number of carbonyl (C=O) groups excluding carboxylic acids is 1. The molecule has 20 heavy (non-hydrogen) atoms. The van der Waals surface area contributed by atoms with Crippen LogP contribution in [0.1, 0.15) is 45.3 Å². The lowest BCUT2D eigenvalue weighted by Gasteiger charge is -2.34. The van der Waals surface area contributed by atoms with Crippen LogP contribution in [0.15, 0.2) is 12.3 Å². The first-order valence-corrected chi connectivity index (χ1v) is 7.51. The van der Waals surface area contributed by atoms with Gasteiger partial charge < -0.3 is 10.2 Å². The van der Waals surface area contributed by atoms with Gasteiger partial charge in [-0.15, -0.1) is 0 Å². The number of aromatic nitrogens is 2. The zero-order valence-corrected chi connectivity index (χ0v) is 13.0. The van der Waals surface area contributed by atoms with E-state index in [0.29, 0.717) is 12.1 Å². The summed E-state index contributed by atoms with van der Waals surface area (Å²) in [4.78, 5) is 13.9. The SMILES string of the molecule is CC(C)C(=O)N1CCC(NC(C)c2ccnn2C)CC1. The Morgan fingerprint density at radius 3 is 2.50 bits per heavy atom. The molecular weight excluding hydrogens is 252 g/mol. The molecule has 2 rings (SSSR count). The van der Waals surface area contributed by atoms with Gasteiger partial charge in [0.2, 0.25) is 5.91 Å². The Bertz CT molecular complexity index is 446. The molecule has 1 aliphatic heterocycles. The topological polar surface area (TPSA) is 50.2 Å². The average Bonchev–Trinajstić information content (AvgIpc) is 2.85. The van der Waals surface area contributed by atoms with Crippen molar-refractivity contribution < 1.29 is 4.79 Å². The van der Waals surface area contributed by atoms with Crippen LogP contribution in [0.3, 0.4) is 0 Å². The summed E-state index contributed by atoms with van der Waals surface area (Å²) in [6.07, 6.45) is 3.89. The Hall–Kier alpha value is -1.36. The van der Waals surface area contributed by atoms with E-state index < -0.39 is 0 Å². The standard InChI is InChI=1S/C15H26N4O/c1-11(2)15(20)19-9-6-13(7-10-19)17-12(3)14-5-8-16-18(14)4/h5,8,11-13,17H,6-7,9-10H2,1-4H3. The fraction of sp³-hybridized carbons (Fsp3) is 0.733. The third-order valence-electron chi connectivity index (χ3n) is 4.09. The van der Waals surface area contributed by atoms with Gasteiger partial charge in [0, 0.05) is 44.3 Å². The van der Waals surface area contributed by atoms with Crippen molar-refractivity contribution >= 4 is 5.91 Å². The number of amides is 1. The molecule has 1 amide bonds. The molecule has 1 aliphatic rings. The molecule has 2 heterocycles. The van der Waals surface area contributed by atoms with Crippen molar-refractivity contribution in [3.8, 4) is 0 Å². The molecule has 1 saturated heterocycles. The Morgan fingerprint density at radius 1 is 1.35 bits per heavy atom. The van der Waals surface area contributed by atoms with Crippen LogP contribution in [0.25, 0.3) is 0 Å². The van der Waals surface area contributed by atoms with Gasteiger partial charge in [-0.25, -0.2) is 0 Å². The quantitative estimate of drug-likeness (QED) is 0.912. The van der Waals surface area contributed by atoms with Crippen molar-refractivity contribution in [1.29, 1.82) is 0 Å². The number of rotatable bonds is 4. The molecule has 1 aromatic heterocycles. The number of hydrogen-bond acceptors (Lipinski definition) is 3. The molecule has 0 radical (unpaired) electrons. The number of carbonyl (C=O) groups is 1. The third kappa shape index (κ3) is 3.39. The minimum atomic E-state index is 0.105. The van der Waals surface area contributed by atoms with E-state index in [1.807, 2.05) is 36.7 Å².